The van der Waals surface area contributed by atoms with Gasteiger partial charge in [-0.25, -0.2) is 4.98 Å². The highest BCUT2D eigenvalue weighted by Crippen LogP contribution is 2.40. The van der Waals surface area contributed by atoms with Crippen molar-refractivity contribution in [3.05, 3.63) is 23.9 Å². The largest absolute Gasteiger partial charge is 0.417 e. The first-order valence-electron chi connectivity index (χ1n) is 5.76. The standard InChI is InChI=1S/C12H16F3N3/c1-11(2)8(16)5-9(11)18-10-4-3-7(6-17-10)12(13,14)15/h3-4,6,8-9H,5,16H2,1-2H3,(H,17,18). The Morgan fingerprint density at radius 1 is 1.39 bits per heavy atom. The predicted molar refractivity (Wildman–Crippen MR) is 63.0 cm³/mol. The van der Waals surface area contributed by atoms with Crippen LogP contribution in [0.2, 0.25) is 0 Å². The Morgan fingerprint density at radius 3 is 2.44 bits per heavy atom. The third-order valence-electron chi connectivity index (χ3n) is 3.76. The minimum atomic E-state index is -4.34. The molecule has 2 unspecified atom stereocenters. The third kappa shape index (κ3) is 2.29. The zero-order valence-corrected chi connectivity index (χ0v) is 10.3. The molecule has 18 heavy (non-hydrogen) atoms. The first kappa shape index (κ1) is 13.1. The highest BCUT2D eigenvalue weighted by atomic mass is 19.4. The molecule has 0 aliphatic heterocycles. The van der Waals surface area contributed by atoms with E-state index < -0.39 is 11.7 Å². The van der Waals surface area contributed by atoms with Crippen LogP contribution in [0.25, 0.3) is 0 Å². The highest BCUT2D eigenvalue weighted by Gasteiger charge is 2.46. The Kier molecular flexibility index (Phi) is 3.01. The maximum absolute atomic E-state index is 12.4. The van der Waals surface area contributed by atoms with Crippen molar-refractivity contribution in [3.63, 3.8) is 0 Å². The number of hydrogen-bond acceptors (Lipinski definition) is 3. The average molecular weight is 259 g/mol. The number of pyridine rings is 1. The SMILES string of the molecule is CC1(C)C(N)CC1Nc1ccc(C(F)(F)F)cn1. The van der Waals surface area contributed by atoms with E-state index in [2.05, 4.69) is 10.3 Å². The van der Waals surface area contributed by atoms with Gasteiger partial charge in [-0.3, -0.25) is 0 Å². The number of aromatic nitrogens is 1. The molecule has 1 aliphatic carbocycles. The Bertz CT molecular complexity index is 425. The maximum Gasteiger partial charge on any atom is 0.417 e. The number of nitrogens with zero attached hydrogens (tertiary/aromatic N) is 1. The molecule has 0 radical (unpaired) electrons. The summed E-state index contributed by atoms with van der Waals surface area (Å²) >= 11 is 0. The molecule has 0 bridgehead atoms. The van der Waals surface area contributed by atoms with Crippen molar-refractivity contribution < 1.29 is 13.2 Å². The zero-order valence-electron chi connectivity index (χ0n) is 10.3. The van der Waals surface area contributed by atoms with Crippen LogP contribution < -0.4 is 11.1 Å². The van der Waals surface area contributed by atoms with Gasteiger partial charge in [0.1, 0.15) is 5.82 Å². The zero-order chi connectivity index (χ0) is 13.6. The summed E-state index contributed by atoms with van der Waals surface area (Å²) in [6.45, 7) is 4.06. The fourth-order valence-corrected chi connectivity index (χ4v) is 2.03. The lowest BCUT2D eigenvalue weighted by atomic mass is 9.63. The molecule has 1 saturated carbocycles. The van der Waals surface area contributed by atoms with Gasteiger partial charge < -0.3 is 11.1 Å². The monoisotopic (exact) mass is 259 g/mol. The average Bonchev–Trinajstić information content (AvgIpc) is 2.28. The molecule has 1 heterocycles. The summed E-state index contributed by atoms with van der Waals surface area (Å²) in [5.74, 6) is 0.452. The van der Waals surface area contributed by atoms with Gasteiger partial charge in [-0.05, 0) is 18.6 Å². The quantitative estimate of drug-likeness (QED) is 0.858. The van der Waals surface area contributed by atoms with E-state index in [0.717, 1.165) is 18.7 Å². The number of hydrogen-bond donors (Lipinski definition) is 2. The second-order valence-corrected chi connectivity index (χ2v) is 5.29. The summed E-state index contributed by atoms with van der Waals surface area (Å²) in [7, 11) is 0. The molecular formula is C12H16F3N3. The molecule has 0 saturated heterocycles. The summed E-state index contributed by atoms with van der Waals surface area (Å²) in [6.07, 6.45) is -2.70. The van der Waals surface area contributed by atoms with Crippen LogP contribution in [0.3, 0.4) is 0 Å². The molecule has 3 nitrogen and oxygen atoms in total. The van der Waals surface area contributed by atoms with E-state index in [1.54, 1.807) is 0 Å². The second kappa shape index (κ2) is 4.12. The minimum Gasteiger partial charge on any atom is -0.367 e. The lowest BCUT2D eigenvalue weighted by molar-refractivity contribution is -0.137. The lowest BCUT2D eigenvalue weighted by Gasteiger charge is -2.50. The third-order valence-corrected chi connectivity index (χ3v) is 3.76. The molecule has 100 valence electrons. The molecule has 0 spiro atoms. The number of nitrogens with two attached hydrogens (primary N) is 1. The Balaban J connectivity index is 2.04. The van der Waals surface area contributed by atoms with Crippen molar-refractivity contribution in [1.29, 1.82) is 0 Å². The van der Waals surface area contributed by atoms with Gasteiger partial charge in [0.15, 0.2) is 0 Å². The van der Waals surface area contributed by atoms with E-state index in [9.17, 15) is 13.2 Å². The van der Waals surface area contributed by atoms with Gasteiger partial charge in [0.25, 0.3) is 0 Å². The van der Waals surface area contributed by atoms with Gasteiger partial charge in [0.05, 0.1) is 5.56 Å². The molecule has 1 fully saturated rings. The van der Waals surface area contributed by atoms with Crippen molar-refractivity contribution in [2.75, 3.05) is 5.32 Å². The highest BCUT2D eigenvalue weighted by molar-refractivity contribution is 5.39. The first-order chi connectivity index (χ1) is 8.21. The van der Waals surface area contributed by atoms with Gasteiger partial charge >= 0.3 is 6.18 Å². The summed E-state index contributed by atoms with van der Waals surface area (Å²) in [5, 5.41) is 3.12. The molecule has 6 heteroatoms. The minimum absolute atomic E-state index is 0.0651. The number of halogens is 3. The smallest absolute Gasteiger partial charge is 0.367 e. The van der Waals surface area contributed by atoms with Crippen LogP contribution in [0.1, 0.15) is 25.8 Å². The molecule has 2 atom stereocenters. The summed E-state index contributed by atoms with van der Waals surface area (Å²) in [5.41, 5.74) is 5.07. The number of alkyl halides is 3. The summed E-state index contributed by atoms with van der Waals surface area (Å²) < 4.78 is 37.1. The fraction of sp³-hybridized carbons (Fsp3) is 0.583. The van der Waals surface area contributed by atoms with Crippen LogP contribution in [0.5, 0.6) is 0 Å². The normalized spacial score (nSPS) is 26.6. The number of rotatable bonds is 2. The van der Waals surface area contributed by atoms with Crippen molar-refractivity contribution in [2.45, 2.75) is 38.5 Å². The van der Waals surface area contributed by atoms with Crippen LogP contribution in [-0.4, -0.2) is 17.1 Å². The molecule has 3 N–H and O–H groups in total. The van der Waals surface area contributed by atoms with Crippen LogP contribution >= 0.6 is 0 Å². The molecule has 0 aromatic carbocycles. The Labute approximate surface area is 104 Å². The van der Waals surface area contributed by atoms with E-state index in [0.29, 0.717) is 5.82 Å². The van der Waals surface area contributed by atoms with E-state index in [1.807, 2.05) is 13.8 Å². The summed E-state index contributed by atoms with van der Waals surface area (Å²) in [6, 6.07) is 2.64. The molecule has 1 aromatic heterocycles. The van der Waals surface area contributed by atoms with Crippen LogP contribution in [0.4, 0.5) is 19.0 Å². The topological polar surface area (TPSA) is 50.9 Å². The molecular weight excluding hydrogens is 243 g/mol. The van der Waals surface area contributed by atoms with Crippen molar-refractivity contribution in [2.24, 2.45) is 11.1 Å². The second-order valence-electron chi connectivity index (χ2n) is 5.29. The van der Waals surface area contributed by atoms with Crippen molar-refractivity contribution in [3.8, 4) is 0 Å². The molecule has 2 rings (SSSR count). The number of anilines is 1. The van der Waals surface area contributed by atoms with Gasteiger partial charge in [0, 0.05) is 23.7 Å². The van der Waals surface area contributed by atoms with Gasteiger partial charge in [0.2, 0.25) is 0 Å². The van der Waals surface area contributed by atoms with E-state index in [4.69, 9.17) is 5.73 Å². The van der Waals surface area contributed by atoms with Gasteiger partial charge in [-0.15, -0.1) is 0 Å². The fourth-order valence-electron chi connectivity index (χ4n) is 2.03. The predicted octanol–water partition coefficient (Wildman–Crippen LogP) is 2.64. The van der Waals surface area contributed by atoms with Crippen molar-refractivity contribution >= 4 is 5.82 Å². The number of nitrogens with one attached hydrogen (secondary N) is 1. The lowest BCUT2D eigenvalue weighted by Crippen LogP contribution is -2.61. The Morgan fingerprint density at radius 2 is 2.06 bits per heavy atom. The van der Waals surface area contributed by atoms with Crippen LogP contribution in [0.15, 0.2) is 18.3 Å². The van der Waals surface area contributed by atoms with E-state index in [-0.39, 0.29) is 17.5 Å². The van der Waals surface area contributed by atoms with Crippen LogP contribution in [-0.2, 0) is 6.18 Å². The van der Waals surface area contributed by atoms with Gasteiger partial charge in [-0.2, -0.15) is 13.2 Å². The molecule has 1 aromatic rings. The van der Waals surface area contributed by atoms with Crippen molar-refractivity contribution in [1.82, 2.24) is 4.98 Å². The Hall–Kier alpha value is -1.30. The van der Waals surface area contributed by atoms with E-state index in [1.165, 1.54) is 6.07 Å². The first-order valence-corrected chi connectivity index (χ1v) is 5.76. The van der Waals surface area contributed by atoms with E-state index >= 15 is 0 Å². The molecule has 1 aliphatic rings. The maximum atomic E-state index is 12.4. The summed E-state index contributed by atoms with van der Waals surface area (Å²) in [4.78, 5) is 3.79. The van der Waals surface area contributed by atoms with Crippen LogP contribution in [0, 0.1) is 5.41 Å². The van der Waals surface area contributed by atoms with Gasteiger partial charge in [-0.1, -0.05) is 13.8 Å². The molecule has 0 amide bonds.